The smallest absolute Gasteiger partial charge is 0.405 e. The number of fused-ring (bicyclic) bond motifs is 3. The second-order valence-electron chi connectivity index (χ2n) is 7.93. The van der Waals surface area contributed by atoms with Crippen LogP contribution in [0.1, 0.15) is 5.56 Å². The van der Waals surface area contributed by atoms with Crippen LogP contribution < -0.4 is 5.46 Å². The fraction of sp³-hybridized carbons (Fsp3) is 0.111. The first-order chi connectivity index (χ1) is 14.8. The number of aryl methyl sites for hydroxylation is 1. The number of rotatable bonds is 2. The van der Waals surface area contributed by atoms with Crippen LogP contribution in [0.15, 0.2) is 84.9 Å². The molecule has 30 heavy (non-hydrogen) atoms. The topological polar surface area (TPSA) is 18.5 Å². The molecule has 0 unspecified atom stereocenters. The van der Waals surface area contributed by atoms with Gasteiger partial charge in [0.2, 0.25) is 0 Å². The molecule has 1 heterocycles. The van der Waals surface area contributed by atoms with Gasteiger partial charge in [-0.1, -0.05) is 84.9 Å². The minimum Gasteiger partial charge on any atom is -0.405 e. The Morgan fingerprint density at radius 2 is 1.07 bits per heavy atom. The van der Waals surface area contributed by atoms with Gasteiger partial charge >= 0.3 is 7.12 Å². The third-order valence-electron chi connectivity index (χ3n) is 6.24. The molecule has 1 fully saturated rings. The van der Waals surface area contributed by atoms with E-state index >= 15 is 0 Å². The first kappa shape index (κ1) is 17.7. The van der Waals surface area contributed by atoms with E-state index in [4.69, 9.17) is 9.31 Å². The van der Waals surface area contributed by atoms with Gasteiger partial charge in [0.1, 0.15) is 0 Å². The van der Waals surface area contributed by atoms with Gasteiger partial charge < -0.3 is 9.31 Å². The first-order valence-electron chi connectivity index (χ1n) is 10.5. The van der Waals surface area contributed by atoms with E-state index in [0.717, 1.165) is 5.46 Å². The van der Waals surface area contributed by atoms with E-state index in [-0.39, 0.29) is 7.12 Å². The standard InChI is InChI=1S/C27H21BO2/c1-18-14-15-23(20-9-3-2-8-19(18)20)26-21-10-4-6-12-24(21)27(28-29-16-17-30-28)25-13-7-5-11-22(25)26/h2-15H,16-17H2,1H3. The quantitative estimate of drug-likeness (QED) is 0.278. The lowest BCUT2D eigenvalue weighted by Gasteiger charge is -2.19. The third kappa shape index (κ3) is 2.60. The third-order valence-corrected chi connectivity index (χ3v) is 6.24. The zero-order valence-corrected chi connectivity index (χ0v) is 16.9. The molecule has 0 radical (unpaired) electrons. The van der Waals surface area contributed by atoms with Gasteiger partial charge in [0.05, 0.1) is 13.2 Å². The number of hydrogen-bond acceptors (Lipinski definition) is 2. The molecule has 5 aromatic rings. The predicted octanol–water partition coefficient (Wildman–Crippen LogP) is 5.86. The van der Waals surface area contributed by atoms with Crippen molar-refractivity contribution in [3.63, 3.8) is 0 Å². The summed E-state index contributed by atoms with van der Waals surface area (Å²) in [6.45, 7) is 3.45. The van der Waals surface area contributed by atoms with Crippen LogP contribution in [0.25, 0.3) is 43.4 Å². The van der Waals surface area contributed by atoms with Crippen molar-refractivity contribution in [3.05, 3.63) is 90.5 Å². The average molecular weight is 388 g/mol. The van der Waals surface area contributed by atoms with Crippen LogP contribution >= 0.6 is 0 Å². The second kappa shape index (κ2) is 6.98. The van der Waals surface area contributed by atoms with Crippen molar-refractivity contribution in [2.75, 3.05) is 13.2 Å². The fourth-order valence-corrected chi connectivity index (χ4v) is 4.90. The largest absolute Gasteiger partial charge is 0.495 e. The maximum absolute atomic E-state index is 5.96. The Hall–Kier alpha value is -3.14. The van der Waals surface area contributed by atoms with E-state index in [1.165, 1.54) is 49.0 Å². The normalized spacial score (nSPS) is 14.2. The maximum atomic E-state index is 5.96. The lowest BCUT2D eigenvalue weighted by Crippen LogP contribution is -2.33. The SMILES string of the molecule is Cc1ccc(-c2c3ccccc3c(B3OCCO3)c3ccccc23)c2ccccc12. The zero-order valence-electron chi connectivity index (χ0n) is 16.9. The van der Waals surface area contributed by atoms with Crippen molar-refractivity contribution in [1.82, 2.24) is 0 Å². The van der Waals surface area contributed by atoms with Crippen LogP contribution in [0.4, 0.5) is 0 Å². The molecular formula is C27H21BO2. The van der Waals surface area contributed by atoms with Crippen molar-refractivity contribution < 1.29 is 9.31 Å². The van der Waals surface area contributed by atoms with E-state index in [0.29, 0.717) is 13.2 Å². The molecule has 0 aromatic heterocycles. The second-order valence-corrected chi connectivity index (χ2v) is 7.93. The molecule has 5 aromatic carbocycles. The molecule has 0 saturated carbocycles. The van der Waals surface area contributed by atoms with E-state index in [9.17, 15) is 0 Å². The molecule has 1 saturated heterocycles. The molecule has 2 nitrogen and oxygen atoms in total. The van der Waals surface area contributed by atoms with Crippen LogP contribution in [0.2, 0.25) is 0 Å². The highest BCUT2D eigenvalue weighted by molar-refractivity contribution is 6.68. The molecule has 1 aliphatic heterocycles. The van der Waals surface area contributed by atoms with Gasteiger partial charge in [0, 0.05) is 0 Å². The Kier molecular flexibility index (Phi) is 4.12. The van der Waals surface area contributed by atoms with Crippen molar-refractivity contribution in [2.45, 2.75) is 6.92 Å². The predicted molar refractivity (Wildman–Crippen MR) is 126 cm³/mol. The van der Waals surface area contributed by atoms with E-state index in [2.05, 4.69) is 91.9 Å². The Bertz CT molecular complexity index is 1360. The van der Waals surface area contributed by atoms with Crippen LogP contribution in [-0.4, -0.2) is 20.3 Å². The van der Waals surface area contributed by atoms with Crippen LogP contribution in [0, 0.1) is 6.92 Å². The summed E-state index contributed by atoms with van der Waals surface area (Å²) in [4.78, 5) is 0. The number of benzene rings is 5. The lowest BCUT2D eigenvalue weighted by atomic mass is 9.71. The Morgan fingerprint density at radius 3 is 1.67 bits per heavy atom. The van der Waals surface area contributed by atoms with Gasteiger partial charge in [0.25, 0.3) is 0 Å². The summed E-state index contributed by atoms with van der Waals surface area (Å²) >= 11 is 0. The van der Waals surface area contributed by atoms with Crippen molar-refractivity contribution in [1.29, 1.82) is 0 Å². The summed E-state index contributed by atoms with van der Waals surface area (Å²) in [7, 11) is -0.316. The molecule has 6 rings (SSSR count). The fourth-order valence-electron chi connectivity index (χ4n) is 4.90. The lowest BCUT2D eigenvalue weighted by molar-refractivity contribution is 0.365. The Labute approximate surface area is 176 Å². The molecular weight excluding hydrogens is 367 g/mol. The summed E-state index contributed by atoms with van der Waals surface area (Å²) in [5, 5.41) is 7.45. The summed E-state index contributed by atoms with van der Waals surface area (Å²) in [5.74, 6) is 0. The van der Waals surface area contributed by atoms with E-state index in [1.807, 2.05) is 0 Å². The van der Waals surface area contributed by atoms with Gasteiger partial charge in [0.15, 0.2) is 0 Å². The number of hydrogen-bond donors (Lipinski definition) is 0. The van der Waals surface area contributed by atoms with E-state index in [1.54, 1.807) is 0 Å². The minimum absolute atomic E-state index is 0.316. The van der Waals surface area contributed by atoms with Crippen LogP contribution in [0.3, 0.4) is 0 Å². The van der Waals surface area contributed by atoms with Gasteiger partial charge in [-0.15, -0.1) is 0 Å². The molecule has 144 valence electrons. The van der Waals surface area contributed by atoms with Gasteiger partial charge in [-0.05, 0) is 61.4 Å². The van der Waals surface area contributed by atoms with Crippen molar-refractivity contribution in [3.8, 4) is 11.1 Å². The Morgan fingerprint density at radius 1 is 0.567 bits per heavy atom. The monoisotopic (exact) mass is 388 g/mol. The highest BCUT2D eigenvalue weighted by atomic mass is 16.6. The minimum atomic E-state index is -0.316. The first-order valence-corrected chi connectivity index (χ1v) is 10.5. The summed E-state index contributed by atoms with van der Waals surface area (Å²) in [6, 6.07) is 30.5. The van der Waals surface area contributed by atoms with Crippen LogP contribution in [-0.2, 0) is 9.31 Å². The average Bonchev–Trinajstić information content (AvgIpc) is 3.33. The summed E-state index contributed by atoms with van der Waals surface area (Å²) in [5.41, 5.74) is 4.98. The van der Waals surface area contributed by atoms with Crippen LogP contribution in [0.5, 0.6) is 0 Å². The van der Waals surface area contributed by atoms with Gasteiger partial charge in [-0.2, -0.15) is 0 Å². The molecule has 0 bridgehead atoms. The molecule has 0 aliphatic carbocycles. The molecule has 3 heteroatoms. The molecule has 1 aliphatic rings. The summed E-state index contributed by atoms with van der Waals surface area (Å²) < 4.78 is 11.9. The zero-order chi connectivity index (χ0) is 20.1. The maximum Gasteiger partial charge on any atom is 0.495 e. The molecule has 0 spiro atoms. The highest BCUT2D eigenvalue weighted by Gasteiger charge is 2.31. The van der Waals surface area contributed by atoms with Gasteiger partial charge in [-0.25, -0.2) is 0 Å². The Balaban J connectivity index is 1.80. The highest BCUT2D eigenvalue weighted by Crippen LogP contribution is 2.40. The molecule has 0 atom stereocenters. The summed E-state index contributed by atoms with van der Waals surface area (Å²) in [6.07, 6.45) is 0. The van der Waals surface area contributed by atoms with Crippen molar-refractivity contribution in [2.24, 2.45) is 0 Å². The van der Waals surface area contributed by atoms with E-state index < -0.39 is 0 Å². The molecule has 0 N–H and O–H groups in total. The van der Waals surface area contributed by atoms with Gasteiger partial charge in [-0.3, -0.25) is 0 Å². The molecule has 0 amide bonds. The van der Waals surface area contributed by atoms with Crippen molar-refractivity contribution >= 4 is 44.9 Å².